The summed E-state index contributed by atoms with van der Waals surface area (Å²) < 4.78 is 21.6. The summed E-state index contributed by atoms with van der Waals surface area (Å²) in [6.07, 6.45) is 7.26. The molecule has 4 heterocycles. The van der Waals surface area contributed by atoms with Crippen LogP contribution < -0.4 is 25.7 Å². The first-order valence-corrected chi connectivity index (χ1v) is 15.6. The molecule has 2 fully saturated rings. The van der Waals surface area contributed by atoms with Crippen LogP contribution >= 0.6 is 0 Å². The summed E-state index contributed by atoms with van der Waals surface area (Å²) in [6.45, 7) is 4.56. The largest absolute Gasteiger partial charge is 0.475 e. The van der Waals surface area contributed by atoms with E-state index in [1.807, 2.05) is 48.5 Å². The zero-order chi connectivity index (χ0) is 31.8. The summed E-state index contributed by atoms with van der Waals surface area (Å²) >= 11 is 0. The van der Waals surface area contributed by atoms with Crippen LogP contribution in [-0.2, 0) is 11.8 Å². The van der Waals surface area contributed by atoms with Gasteiger partial charge in [-0.05, 0) is 75.1 Å². The molecule has 3 aromatic heterocycles. The topological polar surface area (TPSA) is 122 Å². The molecule has 0 radical (unpaired) electrons. The molecule has 1 spiro atoms. The number of nitrogens with one attached hydrogen (secondary N) is 2. The van der Waals surface area contributed by atoms with E-state index in [0.717, 1.165) is 48.9 Å². The molecule has 11 heteroatoms. The summed E-state index contributed by atoms with van der Waals surface area (Å²) in [6, 6.07) is 20.4. The molecule has 236 valence electrons. The zero-order valence-electron chi connectivity index (χ0n) is 26.0. The van der Waals surface area contributed by atoms with Gasteiger partial charge in [-0.1, -0.05) is 25.1 Å². The van der Waals surface area contributed by atoms with E-state index in [4.69, 9.17) is 14.2 Å². The van der Waals surface area contributed by atoms with Crippen molar-refractivity contribution in [3.63, 3.8) is 0 Å². The standard InChI is InChI=1S/C35H36N6O5/c1-4-31(38-23-19-35(15-16-35)44-21-23)46-25-10-12-27-28(18-25)36-17-14-29(27)45-26-11-13-30(37-20-26)39-33(42)32-22(2)40(3)41(34(32)43)24-8-6-5-7-9-24/h5-14,17-18,20,23,31,38H,4,15-16,19,21H2,1-3H3,(H,37,39,42). The third-order valence-electron chi connectivity index (χ3n) is 8.75. The minimum absolute atomic E-state index is 0.0559. The van der Waals surface area contributed by atoms with Crippen molar-refractivity contribution < 1.29 is 19.0 Å². The summed E-state index contributed by atoms with van der Waals surface area (Å²) in [5.74, 6) is 1.58. The van der Waals surface area contributed by atoms with Gasteiger partial charge in [0.2, 0.25) is 0 Å². The van der Waals surface area contributed by atoms with Crippen molar-refractivity contribution in [1.82, 2.24) is 24.6 Å². The van der Waals surface area contributed by atoms with Gasteiger partial charge in [0.25, 0.3) is 11.5 Å². The first kappa shape index (κ1) is 29.7. The average Bonchev–Trinajstić information content (AvgIpc) is 3.64. The highest BCUT2D eigenvalue weighted by atomic mass is 16.5. The van der Waals surface area contributed by atoms with E-state index in [0.29, 0.717) is 34.7 Å². The highest BCUT2D eigenvalue weighted by Gasteiger charge is 2.50. The van der Waals surface area contributed by atoms with Gasteiger partial charge < -0.3 is 19.5 Å². The number of anilines is 1. The normalized spacial score (nSPS) is 17.2. The first-order chi connectivity index (χ1) is 22.3. The lowest BCUT2D eigenvalue weighted by Crippen LogP contribution is -2.42. The average molecular weight is 621 g/mol. The lowest BCUT2D eigenvalue weighted by molar-refractivity contribution is 0.0840. The second-order valence-corrected chi connectivity index (χ2v) is 11.9. The predicted molar refractivity (Wildman–Crippen MR) is 174 cm³/mol. The molecule has 5 aromatic rings. The van der Waals surface area contributed by atoms with E-state index in [2.05, 4.69) is 27.5 Å². The number of rotatable bonds is 10. The molecular formula is C35H36N6O5. The van der Waals surface area contributed by atoms with Crippen LogP contribution in [0, 0.1) is 6.92 Å². The summed E-state index contributed by atoms with van der Waals surface area (Å²) in [5.41, 5.74) is 1.73. The molecule has 46 heavy (non-hydrogen) atoms. The molecule has 7 rings (SSSR count). The molecule has 1 aliphatic carbocycles. The van der Waals surface area contributed by atoms with Crippen LogP contribution in [0.5, 0.6) is 17.2 Å². The van der Waals surface area contributed by atoms with Gasteiger partial charge in [0.1, 0.15) is 34.9 Å². The van der Waals surface area contributed by atoms with E-state index in [9.17, 15) is 9.59 Å². The third-order valence-corrected chi connectivity index (χ3v) is 8.75. The number of aromatic nitrogens is 4. The van der Waals surface area contributed by atoms with Gasteiger partial charge in [0.15, 0.2) is 0 Å². The van der Waals surface area contributed by atoms with Crippen molar-refractivity contribution in [3.8, 4) is 22.9 Å². The van der Waals surface area contributed by atoms with Crippen LogP contribution in [0.3, 0.4) is 0 Å². The van der Waals surface area contributed by atoms with Gasteiger partial charge in [-0.25, -0.2) is 9.67 Å². The number of carbonyl (C=O) groups is 1. The molecule has 2 N–H and O–H groups in total. The predicted octanol–water partition coefficient (Wildman–Crippen LogP) is 5.50. The van der Waals surface area contributed by atoms with Crippen molar-refractivity contribution in [2.75, 3.05) is 11.9 Å². The number of fused-ring (bicyclic) bond motifs is 1. The molecule has 2 aromatic carbocycles. The van der Waals surface area contributed by atoms with Crippen molar-refractivity contribution in [3.05, 3.63) is 101 Å². The number of nitrogens with zero attached hydrogens (tertiary/aromatic N) is 4. The molecular weight excluding hydrogens is 584 g/mol. The minimum Gasteiger partial charge on any atom is -0.475 e. The highest BCUT2D eigenvalue weighted by Crippen LogP contribution is 2.47. The van der Waals surface area contributed by atoms with Crippen LogP contribution in [0.1, 0.15) is 48.7 Å². The number of hydrogen-bond donors (Lipinski definition) is 2. The highest BCUT2D eigenvalue weighted by molar-refractivity contribution is 6.04. The Morgan fingerprint density at radius 1 is 1.09 bits per heavy atom. The molecule has 2 atom stereocenters. The minimum atomic E-state index is -0.531. The van der Waals surface area contributed by atoms with Crippen molar-refractivity contribution >= 4 is 22.6 Å². The van der Waals surface area contributed by atoms with Crippen LogP contribution in [0.2, 0.25) is 0 Å². The fourth-order valence-corrected chi connectivity index (χ4v) is 6.02. The Kier molecular flexibility index (Phi) is 7.79. The van der Waals surface area contributed by atoms with Gasteiger partial charge >= 0.3 is 0 Å². The van der Waals surface area contributed by atoms with E-state index in [1.54, 1.807) is 43.0 Å². The van der Waals surface area contributed by atoms with Gasteiger partial charge in [0, 0.05) is 30.7 Å². The number of para-hydroxylation sites is 1. The lowest BCUT2D eigenvalue weighted by atomic mass is 10.1. The maximum atomic E-state index is 13.2. The van der Waals surface area contributed by atoms with Crippen molar-refractivity contribution in [2.24, 2.45) is 7.05 Å². The maximum Gasteiger partial charge on any atom is 0.284 e. The number of ether oxygens (including phenoxy) is 3. The smallest absolute Gasteiger partial charge is 0.284 e. The van der Waals surface area contributed by atoms with Gasteiger partial charge in [-0.2, -0.15) is 0 Å². The Hall–Kier alpha value is -5.00. The molecule has 0 bridgehead atoms. The Morgan fingerprint density at radius 3 is 2.61 bits per heavy atom. The lowest BCUT2D eigenvalue weighted by Gasteiger charge is -2.22. The number of amides is 1. The Morgan fingerprint density at radius 2 is 1.89 bits per heavy atom. The SMILES string of the molecule is CCC(NC1COC2(CC2)C1)Oc1ccc2c(Oc3ccc(NC(=O)c4c(C)n(C)n(-c5ccccc5)c4=O)nc3)ccnc2c1. The van der Waals surface area contributed by atoms with Crippen molar-refractivity contribution in [1.29, 1.82) is 0 Å². The van der Waals surface area contributed by atoms with E-state index in [1.165, 1.54) is 10.9 Å². The van der Waals surface area contributed by atoms with Crippen LogP contribution in [0.4, 0.5) is 5.82 Å². The maximum absolute atomic E-state index is 13.2. The fraction of sp³-hybridized carbons (Fsp3) is 0.314. The number of benzene rings is 2. The Labute approximate surface area is 266 Å². The molecule has 2 unspecified atom stereocenters. The van der Waals surface area contributed by atoms with E-state index in [-0.39, 0.29) is 17.4 Å². The molecule has 1 aliphatic heterocycles. The fourth-order valence-electron chi connectivity index (χ4n) is 6.02. The van der Waals surface area contributed by atoms with E-state index < -0.39 is 11.5 Å². The van der Waals surface area contributed by atoms with E-state index >= 15 is 0 Å². The van der Waals surface area contributed by atoms with Crippen LogP contribution in [0.15, 0.2) is 83.9 Å². The number of pyridine rings is 2. The third kappa shape index (κ3) is 5.86. The molecule has 11 nitrogen and oxygen atoms in total. The number of hydrogen-bond acceptors (Lipinski definition) is 8. The number of carbonyl (C=O) groups excluding carboxylic acids is 1. The Balaban J connectivity index is 1.02. The molecule has 2 aliphatic rings. The monoisotopic (exact) mass is 620 g/mol. The summed E-state index contributed by atoms with van der Waals surface area (Å²) in [4.78, 5) is 35.3. The van der Waals surface area contributed by atoms with Gasteiger partial charge in [-0.15, -0.1) is 0 Å². The molecule has 1 saturated carbocycles. The van der Waals surface area contributed by atoms with Gasteiger partial charge in [-0.3, -0.25) is 24.6 Å². The summed E-state index contributed by atoms with van der Waals surface area (Å²) in [7, 11) is 1.75. The Bertz CT molecular complexity index is 1950. The molecule has 1 saturated heterocycles. The summed E-state index contributed by atoms with van der Waals surface area (Å²) in [5, 5.41) is 7.16. The molecule has 1 amide bonds. The zero-order valence-corrected chi connectivity index (χ0v) is 26.0. The van der Waals surface area contributed by atoms with Crippen LogP contribution in [0.25, 0.3) is 16.6 Å². The second-order valence-electron chi connectivity index (χ2n) is 11.9. The quantitative estimate of drug-likeness (QED) is 0.197. The van der Waals surface area contributed by atoms with Gasteiger partial charge in [0.05, 0.1) is 35.3 Å². The second kappa shape index (κ2) is 12.1. The first-order valence-electron chi connectivity index (χ1n) is 15.6. The van der Waals surface area contributed by atoms with Crippen molar-refractivity contribution in [2.45, 2.75) is 57.4 Å². The van der Waals surface area contributed by atoms with Crippen LogP contribution in [-0.4, -0.2) is 49.7 Å².